The van der Waals surface area contributed by atoms with E-state index < -0.39 is 35.4 Å². The molecular weight excluding hydrogens is 476 g/mol. The van der Waals surface area contributed by atoms with Crippen molar-refractivity contribution >= 4 is 18.2 Å². The number of carbonyl (C=O) groups excluding carboxylic acids is 3. The number of nitrogens with one attached hydrogen (secondary N) is 2. The van der Waals surface area contributed by atoms with E-state index in [2.05, 4.69) is 10.6 Å². The fraction of sp³-hybridized carbons (Fsp3) is 0.464. The highest BCUT2D eigenvalue weighted by molar-refractivity contribution is 5.82. The first kappa shape index (κ1) is 29.5. The lowest BCUT2D eigenvalue weighted by Crippen LogP contribution is -2.45. The summed E-state index contributed by atoms with van der Waals surface area (Å²) >= 11 is 0. The van der Waals surface area contributed by atoms with Gasteiger partial charge in [0, 0.05) is 6.42 Å². The van der Waals surface area contributed by atoms with E-state index in [-0.39, 0.29) is 26.2 Å². The Bertz CT molecular complexity index is 1010. The molecule has 0 fully saturated rings. The Morgan fingerprint density at radius 3 is 2.00 bits per heavy atom. The monoisotopic (exact) mass is 514 g/mol. The zero-order valence-electron chi connectivity index (χ0n) is 22.5. The van der Waals surface area contributed by atoms with Gasteiger partial charge in [0.1, 0.15) is 36.2 Å². The molecule has 0 radical (unpaired) electrons. The van der Waals surface area contributed by atoms with Gasteiger partial charge in [0.2, 0.25) is 0 Å². The van der Waals surface area contributed by atoms with Crippen LogP contribution < -0.4 is 15.4 Å². The second-order valence-corrected chi connectivity index (χ2v) is 10.4. The minimum atomic E-state index is -0.938. The van der Waals surface area contributed by atoms with Crippen LogP contribution in [0.1, 0.15) is 52.7 Å². The first-order valence-electron chi connectivity index (χ1n) is 12.2. The average Bonchev–Trinajstić information content (AvgIpc) is 2.79. The van der Waals surface area contributed by atoms with Gasteiger partial charge in [-0.3, -0.25) is 0 Å². The van der Waals surface area contributed by atoms with Gasteiger partial charge >= 0.3 is 18.2 Å². The zero-order valence-corrected chi connectivity index (χ0v) is 22.5. The van der Waals surface area contributed by atoms with Crippen molar-refractivity contribution < 1.29 is 33.3 Å². The summed E-state index contributed by atoms with van der Waals surface area (Å²) in [5, 5.41) is 5.25. The summed E-state index contributed by atoms with van der Waals surface area (Å²) in [7, 11) is 0. The predicted molar refractivity (Wildman–Crippen MR) is 139 cm³/mol. The highest BCUT2D eigenvalue weighted by atomic mass is 16.6. The van der Waals surface area contributed by atoms with Crippen molar-refractivity contribution in [1.82, 2.24) is 10.6 Å². The normalized spacial score (nSPS) is 12.2. The molecule has 2 aromatic rings. The molecule has 0 aromatic heterocycles. The van der Waals surface area contributed by atoms with Crippen LogP contribution in [0, 0.1) is 0 Å². The fourth-order valence-corrected chi connectivity index (χ4v) is 3.07. The maximum atomic E-state index is 12.8. The van der Waals surface area contributed by atoms with Gasteiger partial charge in [-0.2, -0.15) is 0 Å². The second kappa shape index (κ2) is 13.5. The summed E-state index contributed by atoms with van der Waals surface area (Å²) < 4.78 is 21.6. The van der Waals surface area contributed by atoms with Crippen LogP contribution in [0.25, 0.3) is 0 Å². The number of benzene rings is 2. The lowest BCUT2D eigenvalue weighted by molar-refractivity contribution is -0.157. The van der Waals surface area contributed by atoms with E-state index in [4.69, 9.17) is 18.9 Å². The van der Waals surface area contributed by atoms with Gasteiger partial charge in [-0.25, -0.2) is 14.4 Å². The topological polar surface area (TPSA) is 112 Å². The third kappa shape index (κ3) is 12.7. The second-order valence-electron chi connectivity index (χ2n) is 10.4. The molecule has 2 aromatic carbocycles. The highest BCUT2D eigenvalue weighted by Gasteiger charge is 2.27. The molecule has 0 saturated heterocycles. The van der Waals surface area contributed by atoms with Crippen LogP contribution in [-0.4, -0.2) is 48.6 Å². The highest BCUT2D eigenvalue weighted by Crippen LogP contribution is 2.16. The fourth-order valence-electron chi connectivity index (χ4n) is 3.07. The molecule has 9 heteroatoms. The Balaban J connectivity index is 1.91. The van der Waals surface area contributed by atoms with Crippen molar-refractivity contribution in [3.8, 4) is 5.75 Å². The van der Waals surface area contributed by atoms with Crippen LogP contribution in [0.15, 0.2) is 54.6 Å². The first-order valence-corrected chi connectivity index (χ1v) is 12.2. The van der Waals surface area contributed by atoms with E-state index in [0.717, 1.165) is 11.1 Å². The molecule has 2 N–H and O–H groups in total. The van der Waals surface area contributed by atoms with Crippen molar-refractivity contribution in [2.45, 2.75) is 71.8 Å². The largest absolute Gasteiger partial charge is 0.492 e. The third-order valence-corrected chi connectivity index (χ3v) is 4.60. The Kier molecular flexibility index (Phi) is 10.8. The van der Waals surface area contributed by atoms with Crippen LogP contribution in [0.4, 0.5) is 9.59 Å². The molecule has 0 spiro atoms. The standard InChI is InChI=1S/C28H38N2O7/c1-27(2,3)36-24(31)23(30-26(33)35-19-21-10-8-7-9-11-21)18-20-12-14-22(15-13-20)34-17-16-29-25(32)37-28(4,5)6/h7-15,23H,16-19H2,1-6H3,(H,29,32)(H,30,33)/t23-/m0/s1. The number of hydrogen-bond donors (Lipinski definition) is 2. The van der Waals surface area contributed by atoms with E-state index in [1.807, 2.05) is 30.3 Å². The lowest BCUT2D eigenvalue weighted by atomic mass is 10.1. The number of alkyl carbamates (subject to hydrolysis) is 2. The van der Waals surface area contributed by atoms with Crippen molar-refractivity contribution in [1.29, 1.82) is 0 Å². The van der Waals surface area contributed by atoms with Crippen LogP contribution in [0.2, 0.25) is 0 Å². The predicted octanol–water partition coefficient (Wildman–Crippen LogP) is 4.77. The van der Waals surface area contributed by atoms with Crippen LogP contribution in [-0.2, 0) is 32.0 Å². The van der Waals surface area contributed by atoms with Gasteiger partial charge in [0.15, 0.2) is 0 Å². The van der Waals surface area contributed by atoms with E-state index in [0.29, 0.717) is 5.75 Å². The van der Waals surface area contributed by atoms with Gasteiger partial charge in [0.05, 0.1) is 6.54 Å². The number of carbonyl (C=O) groups is 3. The van der Waals surface area contributed by atoms with Crippen molar-refractivity contribution in [2.75, 3.05) is 13.2 Å². The van der Waals surface area contributed by atoms with Gasteiger partial charge in [0.25, 0.3) is 0 Å². The lowest BCUT2D eigenvalue weighted by Gasteiger charge is -2.24. The van der Waals surface area contributed by atoms with Gasteiger partial charge in [-0.15, -0.1) is 0 Å². The molecule has 0 aliphatic heterocycles. The molecule has 2 rings (SSSR count). The maximum Gasteiger partial charge on any atom is 0.408 e. The quantitative estimate of drug-likeness (QED) is 0.267. The average molecular weight is 515 g/mol. The van der Waals surface area contributed by atoms with Crippen LogP contribution in [0.5, 0.6) is 5.75 Å². The number of amides is 2. The molecule has 0 bridgehead atoms. The maximum absolute atomic E-state index is 12.8. The molecule has 37 heavy (non-hydrogen) atoms. The molecule has 0 saturated carbocycles. The molecule has 0 unspecified atom stereocenters. The minimum Gasteiger partial charge on any atom is -0.492 e. The van der Waals surface area contributed by atoms with E-state index in [1.165, 1.54) is 0 Å². The Labute approximate surface area is 218 Å². The van der Waals surface area contributed by atoms with Crippen molar-refractivity contribution in [3.63, 3.8) is 0 Å². The summed E-state index contributed by atoms with van der Waals surface area (Å²) in [6, 6.07) is 15.4. The molecule has 202 valence electrons. The first-order chi connectivity index (χ1) is 17.3. The van der Waals surface area contributed by atoms with Crippen LogP contribution >= 0.6 is 0 Å². The Hall–Kier alpha value is -3.75. The van der Waals surface area contributed by atoms with Gasteiger partial charge < -0.3 is 29.6 Å². The number of rotatable bonds is 10. The molecule has 0 heterocycles. The third-order valence-electron chi connectivity index (χ3n) is 4.60. The van der Waals surface area contributed by atoms with Crippen molar-refractivity contribution in [2.24, 2.45) is 0 Å². The molecule has 0 aliphatic carbocycles. The zero-order chi connectivity index (χ0) is 27.5. The molecule has 2 amide bonds. The summed E-state index contributed by atoms with van der Waals surface area (Å²) in [5.41, 5.74) is 0.350. The van der Waals surface area contributed by atoms with Gasteiger partial charge in [-0.05, 0) is 64.8 Å². The number of ether oxygens (including phenoxy) is 4. The summed E-state index contributed by atoms with van der Waals surface area (Å²) in [6.07, 6.45) is -1.01. The summed E-state index contributed by atoms with van der Waals surface area (Å²) in [4.78, 5) is 36.9. The van der Waals surface area contributed by atoms with Crippen molar-refractivity contribution in [3.05, 3.63) is 65.7 Å². The number of esters is 1. The Morgan fingerprint density at radius 2 is 1.41 bits per heavy atom. The molecule has 1 atom stereocenters. The summed E-state index contributed by atoms with van der Waals surface area (Å²) in [5.74, 6) is 0.0384. The Morgan fingerprint density at radius 1 is 0.784 bits per heavy atom. The molecule has 9 nitrogen and oxygen atoms in total. The SMILES string of the molecule is CC(C)(C)OC(=O)NCCOc1ccc(C[C@H](NC(=O)OCc2ccccc2)C(=O)OC(C)(C)C)cc1. The van der Waals surface area contributed by atoms with E-state index in [9.17, 15) is 14.4 Å². The van der Waals surface area contributed by atoms with Crippen LogP contribution in [0.3, 0.4) is 0 Å². The smallest absolute Gasteiger partial charge is 0.408 e. The minimum absolute atomic E-state index is 0.0858. The molecule has 0 aliphatic rings. The number of hydrogen-bond acceptors (Lipinski definition) is 7. The summed E-state index contributed by atoms with van der Waals surface area (Å²) in [6.45, 7) is 11.3. The van der Waals surface area contributed by atoms with Gasteiger partial charge in [-0.1, -0.05) is 42.5 Å². The van der Waals surface area contributed by atoms with E-state index >= 15 is 0 Å². The molecular formula is C28H38N2O7. The van der Waals surface area contributed by atoms with E-state index in [1.54, 1.807) is 65.8 Å².